The van der Waals surface area contributed by atoms with Crippen molar-refractivity contribution in [1.82, 2.24) is 0 Å². The van der Waals surface area contributed by atoms with E-state index in [-0.39, 0.29) is 5.91 Å². The van der Waals surface area contributed by atoms with Gasteiger partial charge in [-0.1, -0.05) is 24.3 Å². The second-order valence-electron chi connectivity index (χ2n) is 4.25. The first-order valence-corrected chi connectivity index (χ1v) is 6.63. The highest BCUT2D eigenvalue weighted by molar-refractivity contribution is 7.10. The van der Waals surface area contributed by atoms with Crippen molar-refractivity contribution < 1.29 is 4.79 Å². The van der Waals surface area contributed by atoms with Gasteiger partial charge in [0.1, 0.15) is 6.04 Å². The lowest BCUT2D eigenvalue weighted by atomic mass is 10.1. The number of carbonyl (C=O) groups is 1. The Labute approximate surface area is 111 Å². The van der Waals surface area contributed by atoms with E-state index < -0.39 is 6.04 Å². The third-order valence-electron chi connectivity index (χ3n) is 2.86. The number of nitrogens with two attached hydrogens (primary N) is 1. The van der Waals surface area contributed by atoms with Gasteiger partial charge in [-0.3, -0.25) is 4.79 Å². The number of carbonyl (C=O) groups excluding carboxylic acids is 1. The molecule has 1 amide bonds. The van der Waals surface area contributed by atoms with Crippen LogP contribution in [0.4, 0.5) is 5.69 Å². The van der Waals surface area contributed by atoms with Crippen molar-refractivity contribution in [3.8, 4) is 0 Å². The molecule has 3 nitrogen and oxygen atoms in total. The highest BCUT2D eigenvalue weighted by Crippen LogP contribution is 2.22. The van der Waals surface area contributed by atoms with Crippen molar-refractivity contribution >= 4 is 22.9 Å². The second kappa shape index (κ2) is 5.33. The first-order valence-electron chi connectivity index (χ1n) is 5.75. The molecule has 0 bridgehead atoms. The summed E-state index contributed by atoms with van der Waals surface area (Å²) in [4.78, 5) is 13.0. The molecule has 0 saturated heterocycles. The lowest BCUT2D eigenvalue weighted by Crippen LogP contribution is -2.27. The largest absolute Gasteiger partial charge is 0.324 e. The summed E-state index contributed by atoms with van der Waals surface area (Å²) < 4.78 is 0. The zero-order valence-corrected chi connectivity index (χ0v) is 11.3. The molecular formula is C14H16N2OS. The standard InChI is InChI=1S/C14H16N2OS/c1-9-5-3-6-10(2)13(9)16-14(17)12(15)11-7-4-8-18-11/h3-8,12H,15H2,1-2H3,(H,16,17). The quantitative estimate of drug-likeness (QED) is 0.891. The number of para-hydroxylation sites is 1. The van der Waals surface area contributed by atoms with E-state index >= 15 is 0 Å². The molecule has 0 fully saturated rings. The number of amides is 1. The van der Waals surface area contributed by atoms with Crippen LogP contribution in [0.3, 0.4) is 0 Å². The third-order valence-corrected chi connectivity index (χ3v) is 3.82. The molecule has 1 aromatic carbocycles. The van der Waals surface area contributed by atoms with Crippen molar-refractivity contribution in [3.05, 3.63) is 51.7 Å². The van der Waals surface area contributed by atoms with Gasteiger partial charge in [0.25, 0.3) is 0 Å². The maximum Gasteiger partial charge on any atom is 0.246 e. The fourth-order valence-electron chi connectivity index (χ4n) is 1.81. The maximum absolute atomic E-state index is 12.1. The van der Waals surface area contributed by atoms with Gasteiger partial charge in [-0.2, -0.15) is 0 Å². The molecule has 2 rings (SSSR count). The van der Waals surface area contributed by atoms with Gasteiger partial charge >= 0.3 is 0 Å². The fraction of sp³-hybridized carbons (Fsp3) is 0.214. The smallest absolute Gasteiger partial charge is 0.246 e. The Bertz CT molecular complexity index is 529. The topological polar surface area (TPSA) is 55.1 Å². The molecule has 0 saturated carbocycles. The molecular weight excluding hydrogens is 244 g/mol. The molecule has 0 radical (unpaired) electrons. The molecule has 4 heteroatoms. The average Bonchev–Trinajstić information content (AvgIpc) is 2.86. The summed E-state index contributed by atoms with van der Waals surface area (Å²) in [5.74, 6) is -0.171. The van der Waals surface area contributed by atoms with E-state index in [0.717, 1.165) is 21.7 Å². The van der Waals surface area contributed by atoms with Crippen LogP contribution in [0.15, 0.2) is 35.7 Å². The maximum atomic E-state index is 12.1. The van der Waals surface area contributed by atoms with Gasteiger partial charge < -0.3 is 11.1 Å². The van der Waals surface area contributed by atoms with Crippen molar-refractivity contribution in [1.29, 1.82) is 0 Å². The van der Waals surface area contributed by atoms with Gasteiger partial charge in [0.15, 0.2) is 0 Å². The Balaban J connectivity index is 2.17. The number of benzene rings is 1. The van der Waals surface area contributed by atoms with Crippen LogP contribution in [0.2, 0.25) is 0 Å². The zero-order valence-electron chi connectivity index (χ0n) is 10.4. The Morgan fingerprint density at radius 1 is 1.22 bits per heavy atom. The monoisotopic (exact) mass is 260 g/mol. The number of aryl methyl sites for hydroxylation is 2. The lowest BCUT2D eigenvalue weighted by molar-refractivity contribution is -0.117. The van der Waals surface area contributed by atoms with Crippen LogP contribution in [-0.2, 0) is 4.79 Å². The fourth-order valence-corrected chi connectivity index (χ4v) is 2.54. The SMILES string of the molecule is Cc1cccc(C)c1NC(=O)C(N)c1cccs1. The molecule has 2 aromatic rings. The number of hydrogen-bond acceptors (Lipinski definition) is 3. The van der Waals surface area contributed by atoms with Crippen LogP contribution in [-0.4, -0.2) is 5.91 Å². The minimum atomic E-state index is -0.607. The van der Waals surface area contributed by atoms with Gasteiger partial charge in [0, 0.05) is 10.6 Å². The number of rotatable bonds is 3. The molecule has 0 aliphatic heterocycles. The van der Waals surface area contributed by atoms with E-state index in [1.54, 1.807) is 0 Å². The highest BCUT2D eigenvalue weighted by atomic mass is 32.1. The van der Waals surface area contributed by atoms with Gasteiger partial charge in [0.2, 0.25) is 5.91 Å². The molecule has 1 aromatic heterocycles. The summed E-state index contributed by atoms with van der Waals surface area (Å²) in [5.41, 5.74) is 8.87. The van der Waals surface area contributed by atoms with E-state index in [1.807, 2.05) is 49.6 Å². The van der Waals surface area contributed by atoms with Crippen molar-refractivity contribution in [2.75, 3.05) is 5.32 Å². The summed E-state index contributed by atoms with van der Waals surface area (Å²) in [6, 6.07) is 9.08. The van der Waals surface area contributed by atoms with Gasteiger partial charge in [-0.25, -0.2) is 0 Å². The molecule has 0 aliphatic carbocycles. The molecule has 18 heavy (non-hydrogen) atoms. The van der Waals surface area contributed by atoms with Gasteiger partial charge in [-0.05, 0) is 36.4 Å². The summed E-state index contributed by atoms with van der Waals surface area (Å²) in [5, 5.41) is 4.83. The lowest BCUT2D eigenvalue weighted by Gasteiger charge is -2.14. The normalized spacial score (nSPS) is 12.2. The summed E-state index contributed by atoms with van der Waals surface area (Å²) in [7, 11) is 0. The summed E-state index contributed by atoms with van der Waals surface area (Å²) in [6.45, 7) is 3.94. The Morgan fingerprint density at radius 3 is 2.44 bits per heavy atom. The van der Waals surface area contributed by atoms with Gasteiger partial charge in [0.05, 0.1) is 0 Å². The second-order valence-corrected chi connectivity index (χ2v) is 5.23. The predicted octanol–water partition coefficient (Wildman–Crippen LogP) is 3.00. The van der Waals surface area contributed by atoms with Crippen LogP contribution in [0.25, 0.3) is 0 Å². The predicted molar refractivity (Wildman–Crippen MR) is 75.8 cm³/mol. The molecule has 3 N–H and O–H groups in total. The number of nitrogens with one attached hydrogen (secondary N) is 1. The molecule has 0 spiro atoms. The molecule has 94 valence electrons. The van der Waals surface area contributed by atoms with Crippen LogP contribution >= 0.6 is 11.3 Å². The first kappa shape index (κ1) is 12.8. The van der Waals surface area contributed by atoms with Crippen LogP contribution in [0.1, 0.15) is 22.0 Å². The van der Waals surface area contributed by atoms with Gasteiger partial charge in [-0.15, -0.1) is 11.3 Å². The molecule has 1 heterocycles. The average molecular weight is 260 g/mol. The van der Waals surface area contributed by atoms with E-state index in [9.17, 15) is 4.79 Å². The van der Waals surface area contributed by atoms with E-state index in [4.69, 9.17) is 5.73 Å². The van der Waals surface area contributed by atoms with Crippen LogP contribution in [0.5, 0.6) is 0 Å². The molecule has 1 unspecified atom stereocenters. The Morgan fingerprint density at radius 2 is 1.89 bits per heavy atom. The Hall–Kier alpha value is -1.65. The van der Waals surface area contributed by atoms with Crippen molar-refractivity contribution in [3.63, 3.8) is 0 Å². The van der Waals surface area contributed by atoms with Crippen LogP contribution in [0, 0.1) is 13.8 Å². The zero-order chi connectivity index (χ0) is 13.1. The number of anilines is 1. The summed E-state index contributed by atoms with van der Waals surface area (Å²) >= 11 is 1.49. The van der Waals surface area contributed by atoms with E-state index in [1.165, 1.54) is 11.3 Å². The van der Waals surface area contributed by atoms with E-state index in [2.05, 4.69) is 5.32 Å². The van der Waals surface area contributed by atoms with Crippen molar-refractivity contribution in [2.24, 2.45) is 5.73 Å². The van der Waals surface area contributed by atoms with E-state index in [0.29, 0.717) is 0 Å². The van der Waals surface area contributed by atoms with Crippen LogP contribution < -0.4 is 11.1 Å². The first-order chi connectivity index (χ1) is 8.59. The minimum Gasteiger partial charge on any atom is -0.324 e. The number of thiophene rings is 1. The summed E-state index contributed by atoms with van der Waals surface area (Å²) in [6.07, 6.45) is 0. The van der Waals surface area contributed by atoms with Crippen molar-refractivity contribution in [2.45, 2.75) is 19.9 Å². The Kier molecular flexibility index (Phi) is 3.79. The number of hydrogen-bond donors (Lipinski definition) is 2. The molecule has 1 atom stereocenters. The highest BCUT2D eigenvalue weighted by Gasteiger charge is 2.17. The third kappa shape index (κ3) is 2.60. The minimum absolute atomic E-state index is 0.171. The molecule has 0 aliphatic rings.